The van der Waals surface area contributed by atoms with Crippen molar-refractivity contribution in [2.75, 3.05) is 0 Å². The standard InChI is InChI=1S/C22H34O4/c1-14(13-20(24)25)12-19(26-17(4)23)22(6)16(3)10-11-21(5)15(2)8-7-9-18(21)22/h13,16,18-19H,2,7-12H2,1,3-6H3,(H,24,25). The summed E-state index contributed by atoms with van der Waals surface area (Å²) in [6.45, 7) is 14.5. The predicted molar refractivity (Wildman–Crippen MR) is 103 cm³/mol. The molecule has 2 aliphatic carbocycles. The Morgan fingerprint density at radius 2 is 2.00 bits per heavy atom. The third-order valence-corrected chi connectivity index (χ3v) is 7.34. The summed E-state index contributed by atoms with van der Waals surface area (Å²) >= 11 is 0. The molecule has 4 heteroatoms. The number of hydrogen-bond donors (Lipinski definition) is 1. The van der Waals surface area contributed by atoms with Crippen LogP contribution < -0.4 is 0 Å². The minimum absolute atomic E-state index is 0.0718. The second-order valence-electron chi connectivity index (χ2n) is 8.90. The van der Waals surface area contributed by atoms with Crippen LogP contribution in [0.5, 0.6) is 0 Å². The molecule has 0 heterocycles. The number of fused-ring (bicyclic) bond motifs is 1. The van der Waals surface area contributed by atoms with Crippen LogP contribution in [0.15, 0.2) is 23.8 Å². The van der Waals surface area contributed by atoms with Gasteiger partial charge < -0.3 is 9.84 Å². The van der Waals surface area contributed by atoms with Gasteiger partial charge in [-0.25, -0.2) is 4.79 Å². The van der Waals surface area contributed by atoms with Crippen molar-refractivity contribution < 1.29 is 19.4 Å². The zero-order chi connectivity index (χ0) is 19.7. The van der Waals surface area contributed by atoms with Gasteiger partial charge >= 0.3 is 11.9 Å². The molecular formula is C22H34O4. The van der Waals surface area contributed by atoms with E-state index in [4.69, 9.17) is 9.84 Å². The van der Waals surface area contributed by atoms with E-state index in [1.165, 1.54) is 18.6 Å². The van der Waals surface area contributed by atoms with Crippen LogP contribution in [0.3, 0.4) is 0 Å². The summed E-state index contributed by atoms with van der Waals surface area (Å²) in [5.41, 5.74) is 1.93. The van der Waals surface area contributed by atoms with Gasteiger partial charge in [0.25, 0.3) is 0 Å². The molecule has 0 aromatic carbocycles. The van der Waals surface area contributed by atoms with Crippen molar-refractivity contribution in [3.05, 3.63) is 23.8 Å². The van der Waals surface area contributed by atoms with Gasteiger partial charge in [0.1, 0.15) is 6.10 Å². The third kappa shape index (κ3) is 3.74. The molecule has 0 radical (unpaired) electrons. The van der Waals surface area contributed by atoms with Gasteiger partial charge in [-0.1, -0.05) is 38.5 Å². The number of esters is 1. The van der Waals surface area contributed by atoms with Crippen LogP contribution in [-0.2, 0) is 14.3 Å². The average molecular weight is 363 g/mol. The molecular weight excluding hydrogens is 328 g/mol. The normalized spacial score (nSPS) is 36.2. The summed E-state index contributed by atoms with van der Waals surface area (Å²) in [4.78, 5) is 22.9. The Labute approximate surface area is 157 Å². The van der Waals surface area contributed by atoms with Crippen molar-refractivity contribution in [2.24, 2.45) is 22.7 Å². The number of carbonyl (C=O) groups is 2. The van der Waals surface area contributed by atoms with Crippen LogP contribution in [0.1, 0.15) is 73.1 Å². The molecule has 0 aliphatic heterocycles. The van der Waals surface area contributed by atoms with Crippen molar-refractivity contribution >= 4 is 11.9 Å². The van der Waals surface area contributed by atoms with Crippen LogP contribution in [0.2, 0.25) is 0 Å². The van der Waals surface area contributed by atoms with Crippen LogP contribution in [0.4, 0.5) is 0 Å². The number of allylic oxidation sites excluding steroid dienone is 1. The van der Waals surface area contributed by atoms with Gasteiger partial charge in [-0.3, -0.25) is 4.79 Å². The van der Waals surface area contributed by atoms with Crippen molar-refractivity contribution in [3.63, 3.8) is 0 Å². The molecule has 0 bridgehead atoms. The van der Waals surface area contributed by atoms with Gasteiger partial charge in [-0.05, 0) is 56.3 Å². The summed E-state index contributed by atoms with van der Waals surface area (Å²) in [5.74, 6) is -0.467. The smallest absolute Gasteiger partial charge is 0.328 e. The summed E-state index contributed by atoms with van der Waals surface area (Å²) in [6, 6.07) is 0. The molecule has 0 saturated heterocycles. The molecule has 2 aliphatic rings. The van der Waals surface area contributed by atoms with E-state index >= 15 is 0 Å². The van der Waals surface area contributed by atoms with E-state index in [-0.39, 0.29) is 22.9 Å². The molecule has 26 heavy (non-hydrogen) atoms. The third-order valence-electron chi connectivity index (χ3n) is 7.34. The maximum Gasteiger partial charge on any atom is 0.328 e. The molecule has 0 spiro atoms. The number of aliphatic carboxylic acids is 1. The molecule has 146 valence electrons. The summed E-state index contributed by atoms with van der Waals surface area (Å²) < 4.78 is 5.84. The summed E-state index contributed by atoms with van der Waals surface area (Å²) in [7, 11) is 0. The Balaban J connectivity index is 2.45. The van der Waals surface area contributed by atoms with Gasteiger partial charge in [-0.2, -0.15) is 0 Å². The monoisotopic (exact) mass is 362 g/mol. The number of carboxylic acid groups (broad SMARTS) is 1. The van der Waals surface area contributed by atoms with Crippen molar-refractivity contribution in [1.29, 1.82) is 0 Å². The first-order valence-electron chi connectivity index (χ1n) is 9.77. The van der Waals surface area contributed by atoms with Gasteiger partial charge in [0.2, 0.25) is 0 Å². The maximum atomic E-state index is 11.9. The quantitative estimate of drug-likeness (QED) is 0.418. The first kappa shape index (κ1) is 20.7. The molecule has 5 atom stereocenters. The highest BCUT2D eigenvalue weighted by molar-refractivity contribution is 5.80. The number of ether oxygens (including phenoxy) is 1. The zero-order valence-electron chi connectivity index (χ0n) is 16.9. The number of carboxylic acids is 1. The highest BCUT2D eigenvalue weighted by Crippen LogP contribution is 2.63. The van der Waals surface area contributed by atoms with Crippen molar-refractivity contribution in [1.82, 2.24) is 0 Å². The van der Waals surface area contributed by atoms with E-state index in [9.17, 15) is 9.59 Å². The Morgan fingerprint density at radius 3 is 2.58 bits per heavy atom. The van der Waals surface area contributed by atoms with Crippen LogP contribution in [-0.4, -0.2) is 23.1 Å². The first-order valence-corrected chi connectivity index (χ1v) is 9.77. The molecule has 0 aromatic rings. The Morgan fingerprint density at radius 1 is 1.35 bits per heavy atom. The molecule has 4 nitrogen and oxygen atoms in total. The van der Waals surface area contributed by atoms with E-state index in [0.29, 0.717) is 18.3 Å². The number of rotatable bonds is 5. The molecule has 0 aromatic heterocycles. The Kier molecular flexibility index (Phi) is 6.04. The molecule has 2 rings (SSSR count). The molecule has 1 N–H and O–H groups in total. The minimum Gasteiger partial charge on any atom is -0.478 e. The second-order valence-corrected chi connectivity index (χ2v) is 8.90. The Bertz CT molecular complexity index is 620. The van der Waals surface area contributed by atoms with Crippen LogP contribution >= 0.6 is 0 Å². The van der Waals surface area contributed by atoms with Crippen molar-refractivity contribution in [2.45, 2.75) is 79.2 Å². The fraction of sp³-hybridized carbons (Fsp3) is 0.727. The van der Waals surface area contributed by atoms with Crippen LogP contribution in [0, 0.1) is 22.7 Å². The zero-order valence-corrected chi connectivity index (χ0v) is 16.9. The number of hydrogen-bond acceptors (Lipinski definition) is 3. The lowest BCUT2D eigenvalue weighted by Crippen LogP contribution is -2.56. The van der Waals surface area contributed by atoms with Gasteiger partial charge in [0.05, 0.1) is 0 Å². The van der Waals surface area contributed by atoms with Crippen LogP contribution in [0.25, 0.3) is 0 Å². The van der Waals surface area contributed by atoms with E-state index < -0.39 is 5.97 Å². The van der Waals surface area contributed by atoms with E-state index in [1.807, 2.05) is 0 Å². The summed E-state index contributed by atoms with van der Waals surface area (Å²) in [5, 5.41) is 9.07. The lowest BCUT2D eigenvalue weighted by molar-refractivity contribution is -0.172. The minimum atomic E-state index is -0.957. The first-order chi connectivity index (χ1) is 12.0. The molecule has 5 unspecified atom stereocenters. The topological polar surface area (TPSA) is 63.6 Å². The van der Waals surface area contributed by atoms with E-state index in [0.717, 1.165) is 37.7 Å². The SMILES string of the molecule is C=C1CCCC2C1(C)CCC(C)C2(C)C(CC(C)=CC(=O)O)OC(C)=O. The molecule has 2 fully saturated rings. The lowest BCUT2D eigenvalue weighted by atomic mass is 9.45. The largest absolute Gasteiger partial charge is 0.478 e. The second kappa shape index (κ2) is 7.58. The van der Waals surface area contributed by atoms with Gasteiger partial charge in [0, 0.05) is 24.8 Å². The number of carbonyl (C=O) groups excluding carboxylic acids is 1. The molecule has 0 amide bonds. The average Bonchev–Trinajstić information content (AvgIpc) is 2.51. The summed E-state index contributed by atoms with van der Waals surface area (Å²) in [6.07, 6.45) is 6.88. The van der Waals surface area contributed by atoms with Gasteiger partial charge in [0.15, 0.2) is 0 Å². The highest BCUT2D eigenvalue weighted by atomic mass is 16.5. The lowest BCUT2D eigenvalue weighted by Gasteiger charge is -2.60. The van der Waals surface area contributed by atoms with Gasteiger partial charge in [-0.15, -0.1) is 0 Å². The fourth-order valence-electron chi connectivity index (χ4n) is 5.58. The predicted octanol–water partition coefficient (Wildman–Crippen LogP) is 5.14. The molecule has 2 saturated carbocycles. The van der Waals surface area contributed by atoms with E-state index in [2.05, 4.69) is 27.4 Å². The fourth-order valence-corrected chi connectivity index (χ4v) is 5.58. The van der Waals surface area contributed by atoms with Crippen molar-refractivity contribution in [3.8, 4) is 0 Å². The van der Waals surface area contributed by atoms with E-state index in [1.54, 1.807) is 6.92 Å². The maximum absolute atomic E-state index is 11.9. The highest BCUT2D eigenvalue weighted by Gasteiger charge is 2.57. The Hall–Kier alpha value is -1.58.